The second-order valence-electron chi connectivity index (χ2n) is 18.4. The van der Waals surface area contributed by atoms with Gasteiger partial charge in [-0.1, -0.05) is 157 Å². The molecule has 0 spiro atoms. The van der Waals surface area contributed by atoms with Gasteiger partial charge in [0.05, 0.1) is 11.4 Å². The van der Waals surface area contributed by atoms with Gasteiger partial charge in [-0.15, -0.1) is 0 Å². The lowest BCUT2D eigenvalue weighted by Crippen LogP contribution is -2.11. The van der Waals surface area contributed by atoms with Crippen LogP contribution in [0.4, 0.5) is 34.1 Å². The molecule has 1 aromatic heterocycles. The zero-order valence-electron chi connectivity index (χ0n) is 38.4. The molecule has 12 aromatic carbocycles. The van der Waals surface area contributed by atoms with Gasteiger partial charge in [0.25, 0.3) is 0 Å². The predicted molar refractivity (Wildman–Crippen MR) is 293 cm³/mol. The van der Waals surface area contributed by atoms with Crippen LogP contribution in [0.5, 0.6) is 0 Å². The van der Waals surface area contributed by atoms with Crippen molar-refractivity contribution in [1.29, 1.82) is 0 Å². The van der Waals surface area contributed by atoms with Gasteiger partial charge >= 0.3 is 0 Å². The fraction of sp³-hybridized carbons (Fsp3) is 0.0303. The molecule has 0 aliphatic heterocycles. The third-order valence-electron chi connectivity index (χ3n) is 13.8. The highest BCUT2D eigenvalue weighted by atomic mass is 16.3. The van der Waals surface area contributed by atoms with Crippen LogP contribution in [0.1, 0.15) is 11.1 Å². The van der Waals surface area contributed by atoms with Gasteiger partial charge in [-0.2, -0.15) is 0 Å². The zero-order valence-corrected chi connectivity index (χ0v) is 38.4. The molecule has 0 atom stereocenters. The van der Waals surface area contributed by atoms with E-state index in [1.165, 1.54) is 54.9 Å². The highest BCUT2D eigenvalue weighted by Gasteiger charge is 2.22. The quantitative estimate of drug-likeness (QED) is 0.152. The predicted octanol–water partition coefficient (Wildman–Crippen LogP) is 19.1. The van der Waals surface area contributed by atoms with E-state index in [0.717, 1.165) is 77.6 Å². The van der Waals surface area contributed by atoms with E-state index in [2.05, 4.69) is 266 Å². The molecule has 69 heavy (non-hydrogen) atoms. The normalized spacial score (nSPS) is 11.6. The van der Waals surface area contributed by atoms with E-state index in [1.807, 2.05) is 0 Å². The number of aryl methyl sites for hydroxylation is 2. The number of fused-ring (bicyclic) bond motifs is 7. The Morgan fingerprint density at radius 1 is 0.275 bits per heavy atom. The van der Waals surface area contributed by atoms with Crippen molar-refractivity contribution in [2.24, 2.45) is 0 Å². The molecule has 0 saturated heterocycles. The third-order valence-corrected chi connectivity index (χ3v) is 13.8. The average Bonchev–Trinajstić information content (AvgIpc) is 3.74. The number of furan rings is 1. The van der Waals surface area contributed by atoms with Gasteiger partial charge in [0.2, 0.25) is 0 Å². The van der Waals surface area contributed by atoms with E-state index in [9.17, 15) is 0 Å². The van der Waals surface area contributed by atoms with Crippen molar-refractivity contribution in [3.63, 3.8) is 0 Å². The first kappa shape index (κ1) is 40.4. The summed E-state index contributed by atoms with van der Waals surface area (Å²) >= 11 is 0. The Kier molecular flexibility index (Phi) is 9.62. The summed E-state index contributed by atoms with van der Waals surface area (Å²) in [5.74, 6) is 0. The third kappa shape index (κ3) is 7.24. The number of hydrogen-bond donors (Lipinski definition) is 0. The summed E-state index contributed by atoms with van der Waals surface area (Å²) < 4.78 is 6.86. The molecule has 0 N–H and O–H groups in total. The van der Waals surface area contributed by atoms with Crippen molar-refractivity contribution in [3.8, 4) is 22.3 Å². The Labute approximate surface area is 401 Å². The van der Waals surface area contributed by atoms with Crippen molar-refractivity contribution in [1.82, 2.24) is 0 Å². The molecule has 0 radical (unpaired) electrons. The first-order valence-corrected chi connectivity index (χ1v) is 23.7. The van der Waals surface area contributed by atoms with E-state index in [4.69, 9.17) is 4.42 Å². The second kappa shape index (κ2) is 16.4. The van der Waals surface area contributed by atoms with Gasteiger partial charge in [-0.25, -0.2) is 0 Å². The van der Waals surface area contributed by atoms with E-state index in [-0.39, 0.29) is 0 Å². The minimum absolute atomic E-state index is 0.868. The first-order chi connectivity index (χ1) is 34.0. The van der Waals surface area contributed by atoms with Crippen LogP contribution >= 0.6 is 0 Å². The van der Waals surface area contributed by atoms with Crippen molar-refractivity contribution in [2.45, 2.75) is 13.8 Å². The maximum atomic E-state index is 6.86. The lowest BCUT2D eigenvalue weighted by molar-refractivity contribution is 0.670. The molecule has 13 rings (SSSR count). The van der Waals surface area contributed by atoms with Crippen molar-refractivity contribution >= 4 is 99.2 Å². The van der Waals surface area contributed by atoms with E-state index >= 15 is 0 Å². The van der Waals surface area contributed by atoms with Gasteiger partial charge in [-0.3, -0.25) is 0 Å². The van der Waals surface area contributed by atoms with Crippen LogP contribution in [-0.4, -0.2) is 0 Å². The molecule has 0 unspecified atom stereocenters. The Hall–Kier alpha value is -8.92. The number of benzene rings is 12. The number of nitrogens with zero attached hydrogens (tertiary/aromatic N) is 2. The van der Waals surface area contributed by atoms with Gasteiger partial charge in [0, 0.05) is 44.6 Å². The Bertz CT molecular complexity index is 3810. The van der Waals surface area contributed by atoms with Gasteiger partial charge in [-0.05, 0) is 165 Å². The highest BCUT2D eigenvalue weighted by Crippen LogP contribution is 2.47. The largest absolute Gasteiger partial charge is 0.456 e. The van der Waals surface area contributed by atoms with Crippen molar-refractivity contribution < 1.29 is 4.42 Å². The molecular weight excluding hydrogens is 837 g/mol. The maximum absolute atomic E-state index is 6.86. The van der Waals surface area contributed by atoms with Crippen LogP contribution in [-0.2, 0) is 0 Å². The topological polar surface area (TPSA) is 19.6 Å². The number of anilines is 6. The Morgan fingerprint density at radius 2 is 0.623 bits per heavy atom. The lowest BCUT2D eigenvalue weighted by Gasteiger charge is -2.29. The fourth-order valence-electron chi connectivity index (χ4n) is 10.3. The standard InChI is InChI=1S/C66H46N2O/c1-43-21-27-55(28-22-43)67(63-39-49-19-11-9-17-47(49)35-59(63)45-13-5-3-6-14-45)57-31-25-51-37-61-62-38-52-26-32-58(34-54(52)42-66(62)69-65(61)41-53(51)33-57)68(56-29-23-44(2)24-30-56)64-40-50-20-12-10-18-48(50)36-60(64)46-15-7-4-8-16-46/h3-42H,1-2H3. The molecule has 0 aliphatic carbocycles. The van der Waals surface area contributed by atoms with Crippen LogP contribution in [0.3, 0.4) is 0 Å². The molecule has 3 nitrogen and oxygen atoms in total. The van der Waals surface area contributed by atoms with Gasteiger partial charge in [0.15, 0.2) is 0 Å². The summed E-state index contributed by atoms with van der Waals surface area (Å²) in [5.41, 5.74) is 15.5. The molecule has 0 bridgehead atoms. The fourth-order valence-corrected chi connectivity index (χ4v) is 10.3. The summed E-state index contributed by atoms with van der Waals surface area (Å²) in [4.78, 5) is 4.81. The Morgan fingerprint density at radius 3 is 1.03 bits per heavy atom. The molecule has 0 saturated carbocycles. The average molecular weight is 883 g/mol. The lowest BCUT2D eigenvalue weighted by atomic mass is 9.97. The van der Waals surface area contributed by atoms with E-state index in [0.29, 0.717) is 0 Å². The summed E-state index contributed by atoms with van der Waals surface area (Å²) in [6.07, 6.45) is 0. The molecule has 0 fully saturated rings. The Balaban J connectivity index is 0.951. The van der Waals surface area contributed by atoms with Gasteiger partial charge < -0.3 is 14.2 Å². The van der Waals surface area contributed by atoms with Crippen LogP contribution in [0.25, 0.3) is 87.3 Å². The molecule has 13 aromatic rings. The van der Waals surface area contributed by atoms with Crippen LogP contribution in [0, 0.1) is 13.8 Å². The molecule has 0 aliphatic rings. The summed E-state index contributed by atoms with van der Waals surface area (Å²) in [6.45, 7) is 4.29. The monoisotopic (exact) mass is 882 g/mol. The summed E-state index contributed by atoms with van der Waals surface area (Å²) in [6, 6.07) is 88.5. The second-order valence-corrected chi connectivity index (χ2v) is 18.4. The highest BCUT2D eigenvalue weighted by molar-refractivity contribution is 6.14. The van der Waals surface area contributed by atoms with Gasteiger partial charge in [0.1, 0.15) is 11.2 Å². The molecule has 326 valence electrons. The maximum Gasteiger partial charge on any atom is 0.136 e. The number of rotatable bonds is 8. The summed E-state index contributed by atoms with van der Waals surface area (Å²) in [5, 5.41) is 11.6. The van der Waals surface area contributed by atoms with E-state index in [1.54, 1.807) is 0 Å². The minimum atomic E-state index is 0.868. The zero-order chi connectivity index (χ0) is 46.0. The minimum Gasteiger partial charge on any atom is -0.456 e. The molecular formula is C66H46N2O. The smallest absolute Gasteiger partial charge is 0.136 e. The van der Waals surface area contributed by atoms with Crippen molar-refractivity contribution in [3.05, 3.63) is 254 Å². The molecule has 1 heterocycles. The first-order valence-electron chi connectivity index (χ1n) is 23.7. The van der Waals surface area contributed by atoms with Crippen molar-refractivity contribution in [2.75, 3.05) is 9.80 Å². The van der Waals surface area contributed by atoms with Crippen LogP contribution in [0.15, 0.2) is 247 Å². The SMILES string of the molecule is Cc1ccc(N(c2ccc3cc4c(cc3c2)oc2cc3cc(N(c5ccc(C)cc5)c5cc6ccccc6cc5-c5ccccc5)ccc3cc24)c2cc3ccccc3cc2-c2ccccc2)cc1. The molecule has 0 amide bonds. The van der Waals surface area contributed by atoms with Crippen LogP contribution in [0.2, 0.25) is 0 Å². The van der Waals surface area contributed by atoms with Crippen LogP contribution < -0.4 is 9.80 Å². The number of hydrogen-bond acceptors (Lipinski definition) is 3. The molecule has 3 heteroatoms. The summed E-state index contributed by atoms with van der Waals surface area (Å²) in [7, 11) is 0. The van der Waals surface area contributed by atoms with E-state index < -0.39 is 0 Å².